The summed E-state index contributed by atoms with van der Waals surface area (Å²) in [4.78, 5) is 9.77. The molecule has 1 heterocycles. The first-order valence-electron chi connectivity index (χ1n) is 7.42. The van der Waals surface area contributed by atoms with E-state index in [9.17, 15) is 0 Å². The predicted octanol–water partition coefficient (Wildman–Crippen LogP) is 3.24. The largest absolute Gasteiger partial charge is 0.385 e. The molecule has 0 radical (unpaired) electrons. The number of aliphatic imine (C=N–C) groups is 1. The molecular formula is C16H24IN5S. The highest BCUT2D eigenvalue weighted by Crippen LogP contribution is 2.10. The number of nitrogens with zero attached hydrogens (tertiary/aromatic N) is 2. The summed E-state index contributed by atoms with van der Waals surface area (Å²) < 4.78 is 0. The van der Waals surface area contributed by atoms with E-state index in [0.717, 1.165) is 36.2 Å². The number of rotatable bonds is 7. The van der Waals surface area contributed by atoms with E-state index in [-0.39, 0.29) is 24.0 Å². The van der Waals surface area contributed by atoms with Crippen LogP contribution >= 0.6 is 35.3 Å². The Balaban J connectivity index is 0.00000264. The summed E-state index contributed by atoms with van der Waals surface area (Å²) in [6.45, 7) is 4.57. The highest BCUT2D eigenvalue weighted by Gasteiger charge is 2.01. The molecule has 126 valence electrons. The normalized spacial score (nSPS) is 10.8. The second kappa shape index (κ2) is 11.2. The molecule has 0 atom stereocenters. The monoisotopic (exact) mass is 445 g/mol. The molecule has 0 aliphatic rings. The molecule has 0 bridgehead atoms. The highest BCUT2D eigenvalue weighted by molar-refractivity contribution is 14.0. The number of para-hydroxylation sites is 1. The first-order valence-corrected chi connectivity index (χ1v) is 8.24. The average Bonchev–Trinajstić information content (AvgIpc) is 2.96. The van der Waals surface area contributed by atoms with Crippen LogP contribution in [0.2, 0.25) is 0 Å². The fourth-order valence-corrected chi connectivity index (χ4v) is 2.67. The Kier molecular flexibility index (Phi) is 9.61. The standard InChI is InChI=1S/C16H23N5S.HI/c1-13-11-20-15(22-13)12-21-16(17-2)19-10-6-9-18-14-7-4-3-5-8-14;/h3-5,7-8,11,18H,6,9-10,12H2,1-2H3,(H2,17,19,21);1H. The molecule has 0 amide bonds. The number of aryl methyl sites for hydroxylation is 1. The zero-order valence-corrected chi connectivity index (χ0v) is 16.7. The number of hydrogen-bond donors (Lipinski definition) is 3. The average molecular weight is 445 g/mol. The fourth-order valence-electron chi connectivity index (χ4n) is 1.95. The molecule has 0 saturated heterocycles. The molecule has 0 fully saturated rings. The van der Waals surface area contributed by atoms with E-state index in [1.165, 1.54) is 4.88 Å². The van der Waals surface area contributed by atoms with Gasteiger partial charge < -0.3 is 16.0 Å². The zero-order valence-electron chi connectivity index (χ0n) is 13.5. The van der Waals surface area contributed by atoms with Gasteiger partial charge in [-0.3, -0.25) is 4.99 Å². The minimum atomic E-state index is 0. The number of thiazole rings is 1. The lowest BCUT2D eigenvalue weighted by Gasteiger charge is -2.11. The summed E-state index contributed by atoms with van der Waals surface area (Å²) in [6.07, 6.45) is 2.92. The van der Waals surface area contributed by atoms with Gasteiger partial charge >= 0.3 is 0 Å². The molecule has 23 heavy (non-hydrogen) atoms. The Labute approximate surface area is 159 Å². The van der Waals surface area contributed by atoms with Gasteiger partial charge in [0, 0.05) is 36.9 Å². The lowest BCUT2D eigenvalue weighted by Crippen LogP contribution is -2.37. The van der Waals surface area contributed by atoms with Gasteiger partial charge in [0.05, 0.1) is 6.54 Å². The zero-order chi connectivity index (χ0) is 15.6. The van der Waals surface area contributed by atoms with Crippen molar-refractivity contribution in [3.8, 4) is 0 Å². The van der Waals surface area contributed by atoms with E-state index >= 15 is 0 Å². The summed E-state index contributed by atoms with van der Waals surface area (Å²) in [6, 6.07) is 10.2. The van der Waals surface area contributed by atoms with Crippen molar-refractivity contribution in [3.05, 3.63) is 46.4 Å². The maximum Gasteiger partial charge on any atom is 0.191 e. The van der Waals surface area contributed by atoms with Crippen LogP contribution in [0.4, 0.5) is 5.69 Å². The van der Waals surface area contributed by atoms with Crippen molar-refractivity contribution in [2.75, 3.05) is 25.5 Å². The molecule has 1 aromatic heterocycles. The number of guanidine groups is 1. The third kappa shape index (κ3) is 7.65. The summed E-state index contributed by atoms with van der Waals surface area (Å²) in [5.74, 6) is 0.813. The van der Waals surface area contributed by atoms with Gasteiger partial charge in [-0.05, 0) is 25.5 Å². The fraction of sp³-hybridized carbons (Fsp3) is 0.375. The summed E-state index contributed by atoms with van der Waals surface area (Å²) in [7, 11) is 1.78. The maximum absolute atomic E-state index is 4.33. The Morgan fingerprint density at radius 3 is 2.61 bits per heavy atom. The molecular weight excluding hydrogens is 421 g/mol. The van der Waals surface area contributed by atoms with Crippen molar-refractivity contribution in [2.45, 2.75) is 19.9 Å². The van der Waals surface area contributed by atoms with Crippen molar-refractivity contribution in [3.63, 3.8) is 0 Å². The second-order valence-corrected chi connectivity index (χ2v) is 6.18. The third-order valence-electron chi connectivity index (χ3n) is 3.05. The van der Waals surface area contributed by atoms with Crippen molar-refractivity contribution in [2.24, 2.45) is 4.99 Å². The predicted molar refractivity (Wildman–Crippen MR) is 110 cm³/mol. The minimum Gasteiger partial charge on any atom is -0.385 e. The van der Waals surface area contributed by atoms with Gasteiger partial charge in [0.15, 0.2) is 5.96 Å². The van der Waals surface area contributed by atoms with Gasteiger partial charge in [-0.25, -0.2) is 4.98 Å². The van der Waals surface area contributed by atoms with Crippen LogP contribution in [0.15, 0.2) is 41.5 Å². The topological polar surface area (TPSA) is 61.3 Å². The van der Waals surface area contributed by atoms with E-state index in [1.807, 2.05) is 24.4 Å². The SMILES string of the molecule is CN=C(NCCCNc1ccccc1)NCc1ncc(C)s1.I. The molecule has 7 heteroatoms. The van der Waals surface area contributed by atoms with Gasteiger partial charge in [-0.1, -0.05) is 18.2 Å². The smallest absolute Gasteiger partial charge is 0.191 e. The molecule has 3 N–H and O–H groups in total. The maximum atomic E-state index is 4.33. The quantitative estimate of drug-likeness (QED) is 0.265. The van der Waals surface area contributed by atoms with E-state index in [1.54, 1.807) is 18.4 Å². The number of halogens is 1. The van der Waals surface area contributed by atoms with Crippen LogP contribution in [-0.2, 0) is 6.54 Å². The molecule has 0 saturated carbocycles. The summed E-state index contributed by atoms with van der Waals surface area (Å²) in [5, 5.41) is 11.0. The number of nitrogens with one attached hydrogen (secondary N) is 3. The van der Waals surface area contributed by atoms with Crippen LogP contribution in [-0.4, -0.2) is 31.1 Å². The van der Waals surface area contributed by atoms with Crippen LogP contribution in [0, 0.1) is 6.92 Å². The van der Waals surface area contributed by atoms with Gasteiger partial charge in [0.2, 0.25) is 0 Å². The summed E-state index contributed by atoms with van der Waals surface area (Å²) >= 11 is 1.70. The molecule has 2 aromatic rings. The number of anilines is 1. The third-order valence-corrected chi connectivity index (χ3v) is 3.96. The highest BCUT2D eigenvalue weighted by atomic mass is 127. The van der Waals surface area contributed by atoms with Crippen molar-refractivity contribution in [1.29, 1.82) is 0 Å². The Bertz CT molecular complexity index is 585. The molecule has 0 unspecified atom stereocenters. The molecule has 0 spiro atoms. The molecule has 2 rings (SSSR count). The van der Waals surface area contributed by atoms with E-state index in [2.05, 4.69) is 45.0 Å². The lowest BCUT2D eigenvalue weighted by atomic mass is 10.3. The molecule has 5 nitrogen and oxygen atoms in total. The van der Waals surface area contributed by atoms with E-state index in [4.69, 9.17) is 0 Å². The number of aromatic nitrogens is 1. The lowest BCUT2D eigenvalue weighted by molar-refractivity contribution is 0.761. The number of benzene rings is 1. The van der Waals surface area contributed by atoms with Crippen LogP contribution in [0.1, 0.15) is 16.3 Å². The second-order valence-electron chi connectivity index (χ2n) is 4.86. The molecule has 0 aliphatic carbocycles. The van der Waals surface area contributed by atoms with Crippen molar-refractivity contribution >= 4 is 47.0 Å². The van der Waals surface area contributed by atoms with Crippen molar-refractivity contribution in [1.82, 2.24) is 15.6 Å². The van der Waals surface area contributed by atoms with E-state index < -0.39 is 0 Å². The Morgan fingerprint density at radius 1 is 1.17 bits per heavy atom. The minimum absolute atomic E-state index is 0. The van der Waals surface area contributed by atoms with Crippen LogP contribution in [0.25, 0.3) is 0 Å². The Hall–Kier alpha value is -1.35. The van der Waals surface area contributed by atoms with Gasteiger partial charge in [-0.2, -0.15) is 0 Å². The van der Waals surface area contributed by atoms with Crippen LogP contribution in [0.5, 0.6) is 0 Å². The van der Waals surface area contributed by atoms with E-state index in [0.29, 0.717) is 6.54 Å². The Morgan fingerprint density at radius 2 is 1.96 bits per heavy atom. The van der Waals surface area contributed by atoms with Gasteiger partial charge in [0.1, 0.15) is 5.01 Å². The van der Waals surface area contributed by atoms with Crippen LogP contribution < -0.4 is 16.0 Å². The number of hydrogen-bond acceptors (Lipinski definition) is 4. The van der Waals surface area contributed by atoms with Gasteiger partial charge in [0.25, 0.3) is 0 Å². The van der Waals surface area contributed by atoms with Crippen LogP contribution in [0.3, 0.4) is 0 Å². The molecule has 0 aliphatic heterocycles. The first kappa shape index (κ1) is 19.7. The first-order chi connectivity index (χ1) is 10.8. The van der Waals surface area contributed by atoms with Crippen molar-refractivity contribution < 1.29 is 0 Å². The van der Waals surface area contributed by atoms with Gasteiger partial charge in [-0.15, -0.1) is 35.3 Å². The molecule has 1 aromatic carbocycles. The summed E-state index contributed by atoms with van der Waals surface area (Å²) in [5.41, 5.74) is 1.16.